The molecular weight excluding hydrogens is 635 g/mol. The Morgan fingerprint density at radius 3 is 2.65 bits per heavy atom. The highest BCUT2D eigenvalue weighted by Gasteiger charge is 2.23. The topological polar surface area (TPSA) is 182 Å². The smallest absolute Gasteiger partial charge is 0.411 e. The number of aromatic nitrogens is 7. The number of hydrogen-bond acceptors (Lipinski definition) is 9. The SMILES string of the molecule is COC(=O)Nc1ccc(-c2nc([C@H](CC(=O)NCc3cccnc3)NC(=O)C=Cc3cc(Cl)ccc3-n3cnnn3)[nH]c2Cl)cc1. The summed E-state index contributed by atoms with van der Waals surface area (Å²) in [4.78, 5) is 49.4. The predicted molar refractivity (Wildman–Crippen MR) is 170 cm³/mol. The lowest BCUT2D eigenvalue weighted by Gasteiger charge is -2.16. The van der Waals surface area contributed by atoms with Crippen molar-refractivity contribution in [2.75, 3.05) is 12.4 Å². The number of carbonyl (C=O) groups is 3. The van der Waals surface area contributed by atoms with Gasteiger partial charge in [-0.3, -0.25) is 19.9 Å². The normalized spacial score (nSPS) is 11.6. The minimum absolute atomic E-state index is 0.155. The van der Waals surface area contributed by atoms with Crippen LogP contribution >= 0.6 is 23.2 Å². The molecule has 3 heterocycles. The number of H-pyrrole nitrogens is 1. The lowest BCUT2D eigenvalue weighted by atomic mass is 10.1. The molecule has 0 aliphatic carbocycles. The zero-order valence-corrected chi connectivity index (χ0v) is 25.7. The van der Waals surface area contributed by atoms with Gasteiger partial charge in [0.05, 0.1) is 25.3 Å². The van der Waals surface area contributed by atoms with Crippen molar-refractivity contribution in [1.82, 2.24) is 45.8 Å². The average molecular weight is 662 g/mol. The number of anilines is 1. The van der Waals surface area contributed by atoms with Crippen molar-refractivity contribution in [3.8, 4) is 16.9 Å². The van der Waals surface area contributed by atoms with E-state index in [1.807, 2.05) is 6.07 Å². The number of halogens is 2. The van der Waals surface area contributed by atoms with Crippen LogP contribution in [-0.4, -0.2) is 60.2 Å². The van der Waals surface area contributed by atoms with Crippen LogP contribution < -0.4 is 16.0 Å². The number of ether oxygens (including phenoxy) is 1. The summed E-state index contributed by atoms with van der Waals surface area (Å²) in [6.07, 6.45) is 6.81. The van der Waals surface area contributed by atoms with Gasteiger partial charge in [0.15, 0.2) is 0 Å². The van der Waals surface area contributed by atoms with Gasteiger partial charge >= 0.3 is 6.09 Å². The van der Waals surface area contributed by atoms with E-state index in [1.165, 1.54) is 24.2 Å². The van der Waals surface area contributed by atoms with Gasteiger partial charge in [0.25, 0.3) is 0 Å². The summed E-state index contributed by atoms with van der Waals surface area (Å²) in [5.41, 5.74) is 3.51. The molecule has 0 saturated heterocycles. The van der Waals surface area contributed by atoms with Crippen molar-refractivity contribution in [2.45, 2.75) is 19.0 Å². The van der Waals surface area contributed by atoms with Gasteiger partial charge in [-0.15, -0.1) is 5.10 Å². The molecule has 0 spiro atoms. The van der Waals surface area contributed by atoms with Crippen LogP contribution in [0, 0.1) is 0 Å². The Labute approximate surface area is 272 Å². The quantitative estimate of drug-likeness (QED) is 0.148. The van der Waals surface area contributed by atoms with Crippen molar-refractivity contribution in [1.29, 1.82) is 0 Å². The highest BCUT2D eigenvalue weighted by molar-refractivity contribution is 6.32. The molecule has 5 aromatic rings. The third-order valence-electron chi connectivity index (χ3n) is 6.52. The Bertz CT molecular complexity index is 1850. The van der Waals surface area contributed by atoms with Gasteiger partial charge in [0, 0.05) is 46.9 Å². The summed E-state index contributed by atoms with van der Waals surface area (Å²) in [7, 11) is 1.27. The molecule has 234 valence electrons. The fraction of sp³-hybridized carbons (Fsp3) is 0.133. The van der Waals surface area contributed by atoms with Crippen LogP contribution in [0.3, 0.4) is 0 Å². The van der Waals surface area contributed by atoms with Crippen molar-refractivity contribution in [3.05, 3.63) is 107 Å². The lowest BCUT2D eigenvalue weighted by molar-refractivity contribution is -0.122. The molecule has 0 saturated carbocycles. The summed E-state index contributed by atoms with van der Waals surface area (Å²) in [5.74, 6) is -0.603. The van der Waals surface area contributed by atoms with Crippen LogP contribution in [0.4, 0.5) is 10.5 Å². The van der Waals surface area contributed by atoms with Gasteiger partial charge < -0.3 is 20.4 Å². The molecule has 2 aromatic carbocycles. The molecule has 0 aliphatic rings. The minimum atomic E-state index is -0.893. The number of hydrogen-bond donors (Lipinski definition) is 4. The van der Waals surface area contributed by atoms with E-state index in [9.17, 15) is 14.4 Å². The predicted octanol–water partition coefficient (Wildman–Crippen LogP) is 4.51. The molecule has 0 fully saturated rings. The maximum Gasteiger partial charge on any atom is 0.411 e. The van der Waals surface area contributed by atoms with Crippen molar-refractivity contribution in [2.24, 2.45) is 0 Å². The maximum absolute atomic E-state index is 13.2. The first-order chi connectivity index (χ1) is 22.3. The van der Waals surface area contributed by atoms with Gasteiger partial charge in [0.1, 0.15) is 23.0 Å². The highest BCUT2D eigenvalue weighted by Crippen LogP contribution is 2.29. The third kappa shape index (κ3) is 8.31. The summed E-state index contributed by atoms with van der Waals surface area (Å²) < 4.78 is 6.05. The Morgan fingerprint density at radius 1 is 1.11 bits per heavy atom. The van der Waals surface area contributed by atoms with E-state index in [-0.39, 0.29) is 29.9 Å². The van der Waals surface area contributed by atoms with E-state index in [0.29, 0.717) is 33.2 Å². The first-order valence-electron chi connectivity index (χ1n) is 13.7. The number of rotatable bonds is 11. The molecular formula is C30H26Cl2N10O4. The Kier molecular flexibility index (Phi) is 10.3. The number of benzene rings is 2. The number of nitrogens with zero attached hydrogens (tertiary/aromatic N) is 6. The van der Waals surface area contributed by atoms with E-state index in [0.717, 1.165) is 5.56 Å². The maximum atomic E-state index is 13.2. The number of carbonyl (C=O) groups excluding carboxylic acids is 3. The largest absolute Gasteiger partial charge is 0.453 e. The van der Waals surface area contributed by atoms with Gasteiger partial charge in [-0.05, 0) is 58.5 Å². The van der Waals surface area contributed by atoms with Crippen molar-refractivity contribution in [3.63, 3.8) is 0 Å². The van der Waals surface area contributed by atoms with E-state index in [4.69, 9.17) is 23.2 Å². The van der Waals surface area contributed by atoms with Crippen molar-refractivity contribution >= 4 is 52.9 Å². The Hall–Kier alpha value is -5.60. The van der Waals surface area contributed by atoms with Crippen LogP contribution in [0.25, 0.3) is 23.0 Å². The summed E-state index contributed by atoms with van der Waals surface area (Å²) in [6.45, 7) is 0.248. The standard InChI is InChI=1S/C30H26Cl2N10O4/c1-46-30(45)36-22-8-4-19(5-9-22)27-28(32)39-29(38-27)23(14-26(44)34-16-18-3-2-12-33-15-18)37-25(43)11-6-20-13-21(31)7-10-24(20)42-17-35-40-41-42/h2-13,15,17,23H,14,16H2,1H3,(H,34,44)(H,36,45)(H,37,43)(H,38,39)/t23-/m0/s1. The second-order valence-corrected chi connectivity index (χ2v) is 10.5. The molecule has 0 unspecified atom stereocenters. The number of methoxy groups -OCH3 is 1. The zero-order valence-electron chi connectivity index (χ0n) is 24.1. The molecule has 0 aliphatic heterocycles. The second kappa shape index (κ2) is 14.9. The molecule has 1 atom stereocenters. The van der Waals surface area contributed by atoms with Crippen LogP contribution in [0.15, 0.2) is 79.4 Å². The molecule has 0 radical (unpaired) electrons. The van der Waals surface area contributed by atoms with Crippen LogP contribution in [0.5, 0.6) is 0 Å². The van der Waals surface area contributed by atoms with Crippen LogP contribution in [0.1, 0.15) is 29.4 Å². The number of imidazole rings is 1. The average Bonchev–Trinajstić information content (AvgIpc) is 3.74. The van der Waals surface area contributed by atoms with Crippen LogP contribution in [-0.2, 0) is 20.9 Å². The molecule has 5 rings (SSSR count). The van der Waals surface area contributed by atoms with E-state index in [1.54, 1.807) is 67.0 Å². The summed E-state index contributed by atoms with van der Waals surface area (Å²) in [6, 6.07) is 14.5. The van der Waals surface area contributed by atoms with Gasteiger partial charge in [-0.25, -0.2) is 9.78 Å². The molecule has 4 N–H and O–H groups in total. The fourth-order valence-corrected chi connectivity index (χ4v) is 4.74. The van der Waals surface area contributed by atoms with Crippen LogP contribution in [0.2, 0.25) is 10.2 Å². The van der Waals surface area contributed by atoms with E-state index >= 15 is 0 Å². The van der Waals surface area contributed by atoms with Gasteiger partial charge in [-0.2, -0.15) is 4.68 Å². The summed E-state index contributed by atoms with van der Waals surface area (Å²) in [5, 5.41) is 20.1. The summed E-state index contributed by atoms with van der Waals surface area (Å²) >= 11 is 12.7. The minimum Gasteiger partial charge on any atom is -0.453 e. The highest BCUT2D eigenvalue weighted by atomic mass is 35.5. The Morgan fingerprint density at radius 2 is 1.93 bits per heavy atom. The molecule has 0 bridgehead atoms. The van der Waals surface area contributed by atoms with Gasteiger partial charge in [0.2, 0.25) is 11.8 Å². The number of tetrazole rings is 1. The molecule has 3 aromatic heterocycles. The van der Waals surface area contributed by atoms with Crippen molar-refractivity contribution < 1.29 is 19.1 Å². The first kappa shape index (κ1) is 31.8. The zero-order chi connectivity index (χ0) is 32.5. The monoisotopic (exact) mass is 660 g/mol. The fourth-order valence-electron chi connectivity index (χ4n) is 4.31. The Balaban J connectivity index is 1.37. The number of amides is 3. The van der Waals surface area contributed by atoms with E-state index in [2.05, 4.69) is 51.2 Å². The van der Waals surface area contributed by atoms with Gasteiger partial charge in [-0.1, -0.05) is 41.4 Å². The number of pyridine rings is 1. The first-order valence-corrected chi connectivity index (χ1v) is 14.4. The number of aromatic amines is 1. The molecule has 14 nitrogen and oxygen atoms in total. The molecule has 46 heavy (non-hydrogen) atoms. The number of nitrogens with one attached hydrogen (secondary N) is 4. The second-order valence-electron chi connectivity index (χ2n) is 9.67. The molecule has 3 amide bonds. The molecule has 16 heteroatoms. The lowest BCUT2D eigenvalue weighted by Crippen LogP contribution is -2.33. The third-order valence-corrected chi connectivity index (χ3v) is 7.02. The van der Waals surface area contributed by atoms with E-state index < -0.39 is 18.0 Å².